The quantitative estimate of drug-likeness (QED) is 0.376. The number of amides is 2. The maximum Gasteiger partial charge on any atom is 0.240 e. The highest BCUT2D eigenvalue weighted by Crippen LogP contribution is 2.17. The van der Waals surface area contributed by atoms with E-state index in [9.17, 15) is 14.7 Å². The molecule has 22 heavy (non-hydrogen) atoms. The molecule has 0 aliphatic heterocycles. The van der Waals surface area contributed by atoms with Crippen LogP contribution in [0.3, 0.4) is 0 Å². The second kappa shape index (κ2) is 8.81. The maximum absolute atomic E-state index is 11.0. The van der Waals surface area contributed by atoms with Crippen LogP contribution in [-0.2, 0) is 14.3 Å². The van der Waals surface area contributed by atoms with Crippen LogP contribution in [0.25, 0.3) is 0 Å². The number of carbonyl (C=O) groups is 2. The summed E-state index contributed by atoms with van der Waals surface area (Å²) >= 11 is 0. The molecule has 2 amide bonds. The van der Waals surface area contributed by atoms with Gasteiger partial charge >= 0.3 is 0 Å². The van der Waals surface area contributed by atoms with Crippen molar-refractivity contribution >= 4 is 30.7 Å². The average Bonchev–Trinajstić information content (AvgIpc) is 2.55. The second-order valence-corrected chi connectivity index (χ2v) is 3.94. The number of anilines is 3. The van der Waals surface area contributed by atoms with Crippen LogP contribution in [0.2, 0.25) is 0 Å². The molecule has 11 heteroatoms. The van der Waals surface area contributed by atoms with Crippen LogP contribution in [0.1, 0.15) is 6.92 Å². The Kier molecular flexibility index (Phi) is 7.08. The number of hydrogen-bond acceptors (Lipinski definition) is 9. The largest absolute Gasteiger partial charge is 0.376 e. The number of aromatic nitrogens is 3. The first-order valence-corrected chi connectivity index (χ1v) is 6.30. The number of methoxy groups -OCH3 is 1. The minimum absolute atomic E-state index is 0.00931. The highest BCUT2D eigenvalue weighted by molar-refractivity contribution is 5.74. The lowest BCUT2D eigenvalue weighted by atomic mass is 10.6. The molecule has 0 aliphatic carbocycles. The molecule has 122 valence electrons. The van der Waals surface area contributed by atoms with Crippen LogP contribution in [0, 0.1) is 0 Å². The molecule has 1 heterocycles. The lowest BCUT2D eigenvalue weighted by Crippen LogP contribution is -2.32. The third-order valence-electron chi connectivity index (χ3n) is 2.60. The van der Waals surface area contributed by atoms with Crippen molar-refractivity contribution in [2.45, 2.75) is 6.92 Å². The molecule has 0 spiro atoms. The number of rotatable bonds is 10. The zero-order valence-corrected chi connectivity index (χ0v) is 12.3. The summed E-state index contributed by atoms with van der Waals surface area (Å²) in [5.74, 6) is -0.190. The van der Waals surface area contributed by atoms with E-state index in [1.807, 2.05) is 0 Å². The van der Waals surface area contributed by atoms with Gasteiger partial charge in [0.15, 0.2) is 0 Å². The number of hydrogen-bond donors (Lipinski definition) is 2. The molecule has 11 nitrogen and oxygen atoms in total. The van der Waals surface area contributed by atoms with Crippen LogP contribution in [-0.4, -0.2) is 71.8 Å². The zero-order chi connectivity index (χ0) is 16.5. The van der Waals surface area contributed by atoms with Gasteiger partial charge in [-0.05, 0) is 6.92 Å². The van der Waals surface area contributed by atoms with E-state index in [4.69, 9.17) is 9.84 Å². The monoisotopic (exact) mass is 314 g/mol. The highest BCUT2D eigenvalue weighted by Gasteiger charge is 2.18. The minimum Gasteiger partial charge on any atom is -0.376 e. The summed E-state index contributed by atoms with van der Waals surface area (Å²) in [7, 11) is 1.42. The van der Waals surface area contributed by atoms with Crippen LogP contribution in [0.15, 0.2) is 0 Å². The molecular formula is C11H18N6O5. The molecule has 2 N–H and O–H groups in total. The molecule has 0 fully saturated rings. The van der Waals surface area contributed by atoms with E-state index in [1.165, 1.54) is 16.9 Å². The van der Waals surface area contributed by atoms with Gasteiger partial charge in [-0.1, -0.05) is 0 Å². The third kappa shape index (κ3) is 4.07. The Labute approximate surface area is 126 Å². The number of aliphatic hydroxyl groups is 2. The first-order valence-electron chi connectivity index (χ1n) is 6.30. The summed E-state index contributed by atoms with van der Waals surface area (Å²) in [4.78, 5) is 37.2. The number of carbonyl (C=O) groups excluding carboxylic acids is 2. The highest BCUT2D eigenvalue weighted by atomic mass is 16.5. The third-order valence-corrected chi connectivity index (χ3v) is 2.60. The predicted molar refractivity (Wildman–Crippen MR) is 76.0 cm³/mol. The minimum atomic E-state index is -0.650. The van der Waals surface area contributed by atoms with Crippen molar-refractivity contribution in [2.24, 2.45) is 0 Å². The Hall–Kier alpha value is -2.37. The Balaban J connectivity index is 3.36. The Bertz CT molecular complexity index is 468. The molecule has 1 rings (SSSR count). The molecule has 0 aromatic carbocycles. The van der Waals surface area contributed by atoms with Crippen LogP contribution in [0.5, 0.6) is 0 Å². The Morgan fingerprint density at radius 2 is 1.55 bits per heavy atom. The zero-order valence-electron chi connectivity index (χ0n) is 12.3. The summed E-state index contributed by atoms with van der Waals surface area (Å²) in [6.07, 6.45) is 0.854. The molecule has 0 saturated carbocycles. The van der Waals surface area contributed by atoms with Crippen LogP contribution in [0.4, 0.5) is 17.8 Å². The lowest BCUT2D eigenvalue weighted by Gasteiger charge is -2.22. The fraction of sp³-hybridized carbons (Fsp3) is 0.545. The fourth-order valence-electron chi connectivity index (χ4n) is 1.47. The van der Waals surface area contributed by atoms with Crippen molar-refractivity contribution in [3.8, 4) is 0 Å². The Morgan fingerprint density at radius 1 is 1.00 bits per heavy atom. The summed E-state index contributed by atoms with van der Waals surface area (Å²) in [5.41, 5.74) is 0. The van der Waals surface area contributed by atoms with Crippen molar-refractivity contribution in [3.05, 3.63) is 0 Å². The van der Waals surface area contributed by atoms with Gasteiger partial charge in [0.2, 0.25) is 30.7 Å². The predicted octanol–water partition coefficient (Wildman–Crippen LogP) is -1.87. The van der Waals surface area contributed by atoms with Gasteiger partial charge in [0, 0.05) is 13.7 Å². The van der Waals surface area contributed by atoms with Crippen LogP contribution < -0.4 is 14.7 Å². The molecular weight excluding hydrogens is 296 g/mol. The average molecular weight is 314 g/mol. The first-order chi connectivity index (χ1) is 10.6. The van der Waals surface area contributed by atoms with Crippen molar-refractivity contribution in [1.29, 1.82) is 0 Å². The van der Waals surface area contributed by atoms with Gasteiger partial charge in [0.1, 0.15) is 20.2 Å². The molecule has 0 atom stereocenters. The summed E-state index contributed by atoms with van der Waals surface area (Å²) < 4.78 is 4.91. The molecule has 1 aromatic rings. The van der Waals surface area contributed by atoms with E-state index in [-0.39, 0.29) is 31.1 Å². The second-order valence-electron chi connectivity index (χ2n) is 3.94. The summed E-state index contributed by atoms with van der Waals surface area (Å²) in [6.45, 7) is 0.871. The van der Waals surface area contributed by atoms with Crippen molar-refractivity contribution in [3.63, 3.8) is 0 Å². The van der Waals surface area contributed by atoms with E-state index in [2.05, 4.69) is 15.0 Å². The molecule has 0 saturated heterocycles. The number of ether oxygens (including phenoxy) is 1. The molecule has 1 aromatic heterocycles. The van der Waals surface area contributed by atoms with Crippen molar-refractivity contribution in [1.82, 2.24) is 15.0 Å². The van der Waals surface area contributed by atoms with Crippen molar-refractivity contribution in [2.75, 3.05) is 48.5 Å². The smallest absolute Gasteiger partial charge is 0.240 e. The molecule has 0 radical (unpaired) electrons. The molecule has 0 unspecified atom stereocenters. The first kappa shape index (κ1) is 17.7. The molecule has 0 bridgehead atoms. The fourth-order valence-corrected chi connectivity index (χ4v) is 1.47. The van der Waals surface area contributed by atoms with E-state index in [0.717, 1.165) is 4.90 Å². The number of aliphatic hydroxyl groups excluding tert-OH is 2. The number of nitrogens with zero attached hydrogens (tertiary/aromatic N) is 6. The SMILES string of the molecule is CCN(C=O)c1nc(N(C=O)CO)nc(N(CO)COC)n1. The van der Waals surface area contributed by atoms with Crippen molar-refractivity contribution < 1.29 is 24.5 Å². The Morgan fingerprint density at radius 3 is 1.95 bits per heavy atom. The van der Waals surface area contributed by atoms with Gasteiger partial charge in [-0.2, -0.15) is 15.0 Å². The van der Waals surface area contributed by atoms with E-state index in [0.29, 0.717) is 12.8 Å². The van der Waals surface area contributed by atoms with Gasteiger partial charge < -0.3 is 14.9 Å². The van der Waals surface area contributed by atoms with Crippen LogP contribution >= 0.6 is 0 Å². The van der Waals surface area contributed by atoms with E-state index >= 15 is 0 Å². The maximum atomic E-state index is 11.0. The van der Waals surface area contributed by atoms with Gasteiger partial charge in [0.05, 0.1) is 0 Å². The van der Waals surface area contributed by atoms with E-state index in [1.54, 1.807) is 6.92 Å². The summed E-state index contributed by atoms with van der Waals surface area (Å²) in [6, 6.07) is 0. The van der Waals surface area contributed by atoms with Gasteiger partial charge in [-0.25, -0.2) is 0 Å². The molecule has 0 aliphatic rings. The van der Waals surface area contributed by atoms with E-state index < -0.39 is 13.5 Å². The normalized spacial score (nSPS) is 10.2. The topological polar surface area (TPSA) is 132 Å². The van der Waals surface area contributed by atoms with Gasteiger partial charge in [-0.15, -0.1) is 0 Å². The van der Waals surface area contributed by atoms with Gasteiger partial charge in [0.25, 0.3) is 0 Å². The lowest BCUT2D eigenvalue weighted by molar-refractivity contribution is -0.108. The standard InChI is InChI=1S/C11H18N6O5/c1-3-15(4-18)9-12-10(16(5-19)6-20)14-11(13-9)17(7-21)8-22-2/h4-5,20-21H,3,6-8H2,1-2H3. The van der Waals surface area contributed by atoms with Gasteiger partial charge in [-0.3, -0.25) is 24.3 Å². The summed E-state index contributed by atoms with van der Waals surface area (Å²) in [5, 5.41) is 18.5.